The van der Waals surface area contributed by atoms with Crippen LogP contribution < -0.4 is 4.46 Å². The third-order valence-electron chi connectivity index (χ3n) is 6.80. The average Bonchev–Trinajstić information content (AvgIpc) is 3.19. The number of rotatable bonds is 5. The molecular formula is C29H25NO7Se. The summed E-state index contributed by atoms with van der Waals surface area (Å²) in [5, 5.41) is -0.599. The van der Waals surface area contributed by atoms with Gasteiger partial charge in [0.2, 0.25) is 0 Å². The van der Waals surface area contributed by atoms with Crippen molar-refractivity contribution >= 4 is 37.2 Å². The van der Waals surface area contributed by atoms with Crippen LogP contribution in [0.1, 0.15) is 39.5 Å². The van der Waals surface area contributed by atoms with E-state index in [9.17, 15) is 14.4 Å². The molecule has 194 valence electrons. The number of amides is 2. The maximum absolute atomic E-state index is 13.6. The van der Waals surface area contributed by atoms with Gasteiger partial charge in [0.25, 0.3) is 0 Å². The first kappa shape index (κ1) is 25.0. The number of carbonyl (C=O) groups excluding carboxylic acids is 3. The van der Waals surface area contributed by atoms with Crippen molar-refractivity contribution in [3.63, 3.8) is 0 Å². The van der Waals surface area contributed by atoms with E-state index in [0.29, 0.717) is 11.1 Å². The second-order valence-corrected chi connectivity index (χ2v) is 11.7. The summed E-state index contributed by atoms with van der Waals surface area (Å²) in [6.07, 6.45) is -2.96. The van der Waals surface area contributed by atoms with Crippen LogP contribution in [0, 0.1) is 0 Å². The molecule has 8 nitrogen and oxygen atoms in total. The predicted octanol–water partition coefficient (Wildman–Crippen LogP) is 2.45. The number of fused-ring (bicyclic) bond motifs is 2. The van der Waals surface area contributed by atoms with Gasteiger partial charge in [0.15, 0.2) is 0 Å². The van der Waals surface area contributed by atoms with E-state index in [1.54, 1.807) is 24.3 Å². The van der Waals surface area contributed by atoms with Crippen LogP contribution in [0.3, 0.4) is 0 Å². The number of nitrogens with zero attached hydrogens (tertiary/aromatic N) is 1. The molecule has 0 unspecified atom stereocenters. The Labute approximate surface area is 226 Å². The number of hydrogen-bond donors (Lipinski definition) is 0. The van der Waals surface area contributed by atoms with E-state index in [-0.39, 0.29) is 21.6 Å². The van der Waals surface area contributed by atoms with E-state index in [1.165, 1.54) is 11.8 Å². The van der Waals surface area contributed by atoms with Crippen LogP contribution in [0.2, 0.25) is 0 Å². The van der Waals surface area contributed by atoms with E-state index in [2.05, 4.69) is 0 Å². The Morgan fingerprint density at radius 3 is 2.11 bits per heavy atom. The van der Waals surface area contributed by atoms with Crippen LogP contribution >= 0.6 is 0 Å². The van der Waals surface area contributed by atoms with Crippen molar-refractivity contribution in [1.82, 2.24) is 4.90 Å². The molecule has 3 aromatic rings. The van der Waals surface area contributed by atoms with E-state index < -0.39 is 53.4 Å². The Kier molecular flexibility index (Phi) is 6.86. The Morgan fingerprint density at radius 1 is 0.868 bits per heavy atom. The molecule has 2 saturated heterocycles. The van der Waals surface area contributed by atoms with Crippen molar-refractivity contribution < 1.29 is 33.3 Å². The summed E-state index contributed by atoms with van der Waals surface area (Å²) in [4.78, 5) is 40.9. The third kappa shape index (κ3) is 4.57. The van der Waals surface area contributed by atoms with Gasteiger partial charge in [-0.3, -0.25) is 0 Å². The van der Waals surface area contributed by atoms with E-state index in [4.69, 9.17) is 18.9 Å². The standard InChI is InChI=1S/C29H25NO7Se/c1-17(31)35-25-23(30-26(32)20-14-8-9-15-21(20)27(30)33)29(38-19-12-6-3-7-13-19)36-22-16-34-28(37-24(22)25)18-10-4-2-5-11-18/h2-15,22-25,28-29H,16H2,1H3/t22-,23-,24-,25-,28-,29+/m1/s1. The van der Waals surface area contributed by atoms with Gasteiger partial charge in [-0.1, -0.05) is 0 Å². The van der Waals surface area contributed by atoms with Crippen LogP contribution in [0.5, 0.6) is 0 Å². The monoisotopic (exact) mass is 579 g/mol. The van der Waals surface area contributed by atoms with Crippen LogP contribution in [0.4, 0.5) is 0 Å². The number of esters is 1. The van der Waals surface area contributed by atoms with Crippen molar-refractivity contribution in [3.8, 4) is 0 Å². The van der Waals surface area contributed by atoms with Crippen molar-refractivity contribution in [2.45, 2.75) is 42.6 Å². The van der Waals surface area contributed by atoms with Gasteiger partial charge in [-0.05, 0) is 0 Å². The third-order valence-corrected chi connectivity index (χ3v) is 9.25. The molecule has 6 rings (SSSR count). The summed E-state index contributed by atoms with van der Waals surface area (Å²) in [6, 6.07) is 25.0. The zero-order valence-electron chi connectivity index (χ0n) is 20.5. The first-order chi connectivity index (χ1) is 18.5. The normalized spacial score (nSPS) is 28.5. The van der Waals surface area contributed by atoms with Crippen molar-refractivity contribution in [2.75, 3.05) is 6.61 Å². The topological polar surface area (TPSA) is 91.4 Å². The molecule has 3 aliphatic rings. The number of carbonyl (C=O) groups is 3. The molecule has 0 radical (unpaired) electrons. The van der Waals surface area contributed by atoms with Gasteiger partial charge < -0.3 is 0 Å². The van der Waals surface area contributed by atoms with Crippen molar-refractivity contribution in [3.05, 3.63) is 102 Å². The minimum absolute atomic E-state index is 0.207. The Morgan fingerprint density at radius 2 is 1.47 bits per heavy atom. The first-order valence-corrected chi connectivity index (χ1v) is 14.2. The summed E-state index contributed by atoms with van der Waals surface area (Å²) in [5.74, 6) is -1.40. The quantitative estimate of drug-likeness (QED) is 0.261. The zero-order chi connectivity index (χ0) is 26.2. The molecule has 0 spiro atoms. The van der Waals surface area contributed by atoms with Gasteiger partial charge in [0, 0.05) is 0 Å². The molecule has 0 saturated carbocycles. The fourth-order valence-corrected chi connectivity index (χ4v) is 7.66. The Hall–Kier alpha value is -3.33. The van der Waals surface area contributed by atoms with Crippen LogP contribution in [-0.4, -0.2) is 73.6 Å². The Bertz CT molecular complexity index is 1320. The maximum atomic E-state index is 13.6. The number of benzene rings is 3. The number of imide groups is 1. The van der Waals surface area contributed by atoms with Gasteiger partial charge in [-0.15, -0.1) is 0 Å². The van der Waals surface area contributed by atoms with Gasteiger partial charge in [0.05, 0.1) is 0 Å². The molecule has 0 aliphatic carbocycles. The summed E-state index contributed by atoms with van der Waals surface area (Å²) in [6.45, 7) is 1.52. The number of hydrogen-bond acceptors (Lipinski definition) is 7. The molecule has 0 bridgehead atoms. The van der Waals surface area contributed by atoms with Crippen LogP contribution in [-0.2, 0) is 23.7 Å². The summed E-state index contributed by atoms with van der Waals surface area (Å²) in [5.41, 5.74) is 1.45. The van der Waals surface area contributed by atoms with Gasteiger partial charge in [-0.25, -0.2) is 0 Å². The SMILES string of the molecule is CC(=O)O[C@H]1[C@@H]2O[C@H](c3ccccc3)OC[C@H]2O[C@@H]([Se]c2ccccc2)[C@@H]1N1C(=O)c2ccccc2C1=O. The second kappa shape index (κ2) is 10.4. The summed E-state index contributed by atoms with van der Waals surface area (Å²) in [7, 11) is 0. The molecule has 2 fully saturated rings. The van der Waals surface area contributed by atoms with E-state index in [0.717, 1.165) is 10.0 Å². The first-order valence-electron chi connectivity index (χ1n) is 12.3. The minimum atomic E-state index is -0.945. The summed E-state index contributed by atoms with van der Waals surface area (Å²) < 4.78 is 25.8. The predicted molar refractivity (Wildman–Crippen MR) is 137 cm³/mol. The summed E-state index contributed by atoms with van der Waals surface area (Å²) >= 11 is -0.332. The van der Waals surface area contributed by atoms with Gasteiger partial charge in [0.1, 0.15) is 0 Å². The van der Waals surface area contributed by atoms with Crippen molar-refractivity contribution in [1.29, 1.82) is 0 Å². The second-order valence-electron chi connectivity index (χ2n) is 9.24. The van der Waals surface area contributed by atoms with Gasteiger partial charge >= 0.3 is 226 Å². The van der Waals surface area contributed by atoms with E-state index >= 15 is 0 Å². The molecule has 38 heavy (non-hydrogen) atoms. The molecular weight excluding hydrogens is 553 g/mol. The molecule has 3 aromatic carbocycles. The van der Waals surface area contributed by atoms with E-state index in [1.807, 2.05) is 60.7 Å². The van der Waals surface area contributed by atoms with Crippen molar-refractivity contribution in [2.24, 2.45) is 0 Å². The molecule has 9 heteroatoms. The molecule has 3 heterocycles. The van der Waals surface area contributed by atoms with Crippen LogP contribution in [0.15, 0.2) is 84.9 Å². The fourth-order valence-electron chi connectivity index (χ4n) is 5.15. The Balaban J connectivity index is 1.41. The number of ether oxygens (including phenoxy) is 4. The average molecular weight is 578 g/mol. The molecule has 6 atom stereocenters. The zero-order valence-corrected chi connectivity index (χ0v) is 22.2. The molecule has 2 amide bonds. The van der Waals surface area contributed by atoms with Gasteiger partial charge in [-0.2, -0.15) is 0 Å². The van der Waals surface area contributed by atoms with Crippen LogP contribution in [0.25, 0.3) is 0 Å². The molecule has 0 N–H and O–H groups in total. The fraction of sp³-hybridized carbons (Fsp3) is 0.276. The molecule has 3 aliphatic heterocycles. The molecule has 0 aromatic heterocycles.